The maximum atomic E-state index is 12.4. The topological polar surface area (TPSA) is 50.3 Å². The lowest BCUT2D eigenvalue weighted by atomic mass is 10.5. The van der Waals surface area contributed by atoms with E-state index in [2.05, 4.69) is 4.98 Å². The Bertz CT molecular complexity index is 534. The number of sulfonamides is 1. The molecular weight excluding hydrogens is 305 g/mol. The summed E-state index contributed by atoms with van der Waals surface area (Å²) < 4.78 is 61.8. The summed E-state index contributed by atoms with van der Waals surface area (Å²) in [7, 11) is -4.23. The van der Waals surface area contributed by atoms with Crippen LogP contribution in [0.15, 0.2) is 23.2 Å². The van der Waals surface area contributed by atoms with Gasteiger partial charge >= 0.3 is 6.18 Å². The molecule has 19 heavy (non-hydrogen) atoms. The maximum Gasteiger partial charge on any atom is 0.402 e. The van der Waals surface area contributed by atoms with Crippen LogP contribution in [0.4, 0.5) is 13.2 Å². The molecule has 0 spiro atoms. The smallest absolute Gasteiger partial charge is 0.244 e. The Labute approximate surface area is 114 Å². The van der Waals surface area contributed by atoms with Crippen LogP contribution >= 0.6 is 11.6 Å². The molecule has 0 aliphatic rings. The minimum absolute atomic E-state index is 0.0930. The van der Waals surface area contributed by atoms with Gasteiger partial charge in [0, 0.05) is 12.7 Å². The van der Waals surface area contributed by atoms with Gasteiger partial charge in [-0.1, -0.05) is 18.5 Å². The molecule has 0 atom stereocenters. The summed E-state index contributed by atoms with van der Waals surface area (Å²) in [5.41, 5.74) is 0. The summed E-state index contributed by atoms with van der Waals surface area (Å²) in [6.07, 6.45) is -3.19. The molecule has 1 heterocycles. The highest BCUT2D eigenvalue weighted by molar-refractivity contribution is 7.89. The van der Waals surface area contributed by atoms with Gasteiger partial charge in [0.15, 0.2) is 0 Å². The molecule has 0 aliphatic heterocycles. The fraction of sp³-hybridized carbons (Fsp3) is 0.500. The van der Waals surface area contributed by atoms with Crippen molar-refractivity contribution in [2.75, 3.05) is 13.1 Å². The second-order valence-electron chi connectivity index (χ2n) is 3.77. The quantitative estimate of drug-likeness (QED) is 0.785. The predicted octanol–water partition coefficient (Wildman–Crippen LogP) is 2.70. The van der Waals surface area contributed by atoms with Crippen LogP contribution in [-0.4, -0.2) is 37.0 Å². The summed E-state index contributed by atoms with van der Waals surface area (Å²) in [4.78, 5) is 3.29. The molecule has 9 heteroatoms. The monoisotopic (exact) mass is 316 g/mol. The fourth-order valence-electron chi connectivity index (χ4n) is 1.43. The van der Waals surface area contributed by atoms with Gasteiger partial charge in [0.1, 0.15) is 11.7 Å². The van der Waals surface area contributed by atoms with Crippen molar-refractivity contribution in [2.24, 2.45) is 0 Å². The third kappa shape index (κ3) is 4.63. The van der Waals surface area contributed by atoms with Crippen LogP contribution < -0.4 is 0 Å². The number of halogens is 4. The molecule has 1 aromatic heterocycles. The van der Waals surface area contributed by atoms with E-state index in [0.29, 0.717) is 4.31 Å². The van der Waals surface area contributed by atoms with Crippen molar-refractivity contribution in [3.05, 3.63) is 23.5 Å². The Hall–Kier alpha value is -0.860. The molecule has 0 saturated heterocycles. The van der Waals surface area contributed by atoms with Crippen molar-refractivity contribution >= 4 is 21.6 Å². The van der Waals surface area contributed by atoms with Gasteiger partial charge in [0.25, 0.3) is 0 Å². The Morgan fingerprint density at radius 2 is 2.05 bits per heavy atom. The van der Waals surface area contributed by atoms with Crippen molar-refractivity contribution in [1.29, 1.82) is 0 Å². The lowest BCUT2D eigenvalue weighted by Crippen LogP contribution is -2.39. The van der Waals surface area contributed by atoms with Gasteiger partial charge in [-0.05, 0) is 18.6 Å². The van der Waals surface area contributed by atoms with E-state index >= 15 is 0 Å². The van der Waals surface area contributed by atoms with Crippen molar-refractivity contribution in [3.8, 4) is 0 Å². The van der Waals surface area contributed by atoms with Crippen LogP contribution in [0.5, 0.6) is 0 Å². The van der Waals surface area contributed by atoms with Gasteiger partial charge in [-0.3, -0.25) is 0 Å². The molecule has 1 aromatic rings. The molecular formula is C10H12ClF3N2O2S. The normalized spacial score (nSPS) is 12.9. The highest BCUT2D eigenvalue weighted by Gasteiger charge is 2.36. The fourth-order valence-corrected chi connectivity index (χ4v) is 3.20. The molecule has 0 aliphatic carbocycles. The molecule has 1 rings (SSSR count). The van der Waals surface area contributed by atoms with Crippen LogP contribution in [-0.2, 0) is 10.0 Å². The van der Waals surface area contributed by atoms with Gasteiger partial charge in [-0.15, -0.1) is 0 Å². The molecule has 4 nitrogen and oxygen atoms in total. The number of aromatic nitrogens is 1. The number of rotatable bonds is 5. The molecule has 0 bridgehead atoms. The molecule has 108 valence electrons. The van der Waals surface area contributed by atoms with E-state index in [4.69, 9.17) is 11.6 Å². The average molecular weight is 317 g/mol. The van der Waals surface area contributed by atoms with Gasteiger partial charge in [0.2, 0.25) is 10.0 Å². The zero-order chi connectivity index (χ0) is 14.7. The first-order valence-corrected chi connectivity index (χ1v) is 7.17. The number of alkyl halides is 3. The third-order valence-electron chi connectivity index (χ3n) is 2.16. The first kappa shape index (κ1) is 16.2. The highest BCUT2D eigenvalue weighted by atomic mass is 35.5. The summed E-state index contributed by atoms with van der Waals surface area (Å²) in [6, 6.07) is 2.14. The van der Waals surface area contributed by atoms with Crippen LogP contribution in [0.1, 0.15) is 13.3 Å². The first-order chi connectivity index (χ1) is 8.66. The molecule has 0 N–H and O–H groups in total. The largest absolute Gasteiger partial charge is 0.402 e. The zero-order valence-electron chi connectivity index (χ0n) is 9.98. The van der Waals surface area contributed by atoms with Gasteiger partial charge < -0.3 is 0 Å². The average Bonchev–Trinajstić information content (AvgIpc) is 2.26. The van der Waals surface area contributed by atoms with Gasteiger partial charge in [-0.2, -0.15) is 17.5 Å². The number of hydrogen-bond donors (Lipinski definition) is 0. The molecule has 0 saturated carbocycles. The van der Waals surface area contributed by atoms with Crippen LogP contribution in [0, 0.1) is 0 Å². The molecule has 0 amide bonds. The van der Waals surface area contributed by atoms with E-state index < -0.39 is 22.7 Å². The van der Waals surface area contributed by atoms with E-state index in [-0.39, 0.29) is 23.0 Å². The zero-order valence-corrected chi connectivity index (χ0v) is 11.6. The Morgan fingerprint density at radius 1 is 1.42 bits per heavy atom. The van der Waals surface area contributed by atoms with E-state index in [1.54, 1.807) is 6.92 Å². The van der Waals surface area contributed by atoms with Crippen molar-refractivity contribution in [1.82, 2.24) is 9.29 Å². The van der Waals surface area contributed by atoms with Gasteiger partial charge in [0.05, 0.1) is 4.90 Å². The van der Waals surface area contributed by atoms with Crippen molar-refractivity contribution in [2.45, 2.75) is 24.4 Å². The van der Waals surface area contributed by atoms with E-state index in [1.807, 2.05) is 0 Å². The van der Waals surface area contributed by atoms with E-state index in [1.165, 1.54) is 0 Å². The van der Waals surface area contributed by atoms with Crippen molar-refractivity contribution < 1.29 is 21.6 Å². The summed E-state index contributed by atoms with van der Waals surface area (Å²) >= 11 is 5.55. The minimum atomic E-state index is -4.60. The third-order valence-corrected chi connectivity index (χ3v) is 4.21. The SMILES string of the molecule is CCCN(CC(F)(F)F)S(=O)(=O)c1ccnc(Cl)c1. The molecule has 0 unspecified atom stereocenters. The number of pyridine rings is 1. The lowest BCUT2D eigenvalue weighted by molar-refractivity contribution is -0.136. The second kappa shape index (κ2) is 6.06. The van der Waals surface area contributed by atoms with Crippen LogP contribution in [0.25, 0.3) is 0 Å². The Kier molecular flexibility index (Phi) is 5.17. The molecule has 0 fully saturated rings. The molecule has 0 aromatic carbocycles. The van der Waals surface area contributed by atoms with Crippen LogP contribution in [0.2, 0.25) is 5.15 Å². The lowest BCUT2D eigenvalue weighted by Gasteiger charge is -2.22. The predicted molar refractivity (Wildman–Crippen MR) is 64.4 cm³/mol. The Balaban J connectivity index is 3.13. The summed E-state index contributed by atoms with van der Waals surface area (Å²) in [5, 5.41) is -0.0930. The second-order valence-corrected chi connectivity index (χ2v) is 6.09. The number of nitrogens with zero attached hydrogens (tertiary/aromatic N) is 2. The van der Waals surface area contributed by atoms with E-state index in [9.17, 15) is 21.6 Å². The molecule has 0 radical (unpaired) electrons. The summed E-state index contributed by atoms with van der Waals surface area (Å²) in [6.45, 7) is -0.149. The van der Waals surface area contributed by atoms with E-state index in [0.717, 1.165) is 18.3 Å². The first-order valence-electron chi connectivity index (χ1n) is 5.35. The Morgan fingerprint density at radius 3 is 2.53 bits per heavy atom. The standard InChI is InChI=1S/C10H12ClF3N2O2S/c1-2-5-16(7-10(12,13)14)19(17,18)8-3-4-15-9(11)6-8/h3-4,6H,2,5,7H2,1H3. The maximum absolute atomic E-state index is 12.4. The summed E-state index contributed by atoms with van der Waals surface area (Å²) in [5.74, 6) is 0. The van der Waals surface area contributed by atoms with Crippen LogP contribution in [0.3, 0.4) is 0 Å². The van der Waals surface area contributed by atoms with Gasteiger partial charge in [-0.25, -0.2) is 13.4 Å². The minimum Gasteiger partial charge on any atom is -0.244 e. The van der Waals surface area contributed by atoms with Crippen molar-refractivity contribution in [3.63, 3.8) is 0 Å². The highest BCUT2D eigenvalue weighted by Crippen LogP contribution is 2.23. The number of hydrogen-bond acceptors (Lipinski definition) is 3.